The number of rotatable bonds is 4. The van der Waals surface area contributed by atoms with Crippen molar-refractivity contribution in [3.63, 3.8) is 0 Å². The highest BCUT2D eigenvalue weighted by molar-refractivity contribution is 5.94. The average molecular weight is 287 g/mol. The predicted octanol–water partition coefficient (Wildman–Crippen LogP) is 3.85. The van der Waals surface area contributed by atoms with Crippen molar-refractivity contribution < 1.29 is 13.9 Å². The molecule has 21 heavy (non-hydrogen) atoms. The van der Waals surface area contributed by atoms with Crippen LogP contribution in [-0.2, 0) is 4.79 Å². The molecule has 3 nitrogen and oxygen atoms in total. The molecule has 0 saturated heterocycles. The Morgan fingerprint density at radius 2 is 1.90 bits per heavy atom. The number of amides is 1. The van der Waals surface area contributed by atoms with Crippen molar-refractivity contribution >= 4 is 11.6 Å². The second-order valence-corrected chi connectivity index (χ2v) is 5.00. The third-order valence-corrected chi connectivity index (χ3v) is 3.14. The molecule has 0 aromatic heterocycles. The summed E-state index contributed by atoms with van der Waals surface area (Å²) in [4.78, 5) is 12.0. The van der Waals surface area contributed by atoms with Gasteiger partial charge in [-0.15, -0.1) is 0 Å². The fourth-order valence-corrected chi connectivity index (χ4v) is 1.97. The number of anilines is 1. The van der Waals surface area contributed by atoms with Crippen LogP contribution >= 0.6 is 0 Å². The second kappa shape index (κ2) is 6.39. The summed E-state index contributed by atoms with van der Waals surface area (Å²) in [5.41, 5.74) is 2.24. The lowest BCUT2D eigenvalue weighted by Gasteiger charge is -2.16. The van der Waals surface area contributed by atoms with Crippen molar-refractivity contribution in [1.29, 1.82) is 0 Å². The lowest BCUT2D eigenvalue weighted by atomic mass is 10.1. The molecule has 0 aliphatic rings. The lowest BCUT2D eigenvalue weighted by molar-refractivity contribution is -0.122. The van der Waals surface area contributed by atoms with Gasteiger partial charge in [0.25, 0.3) is 5.91 Å². The van der Waals surface area contributed by atoms with Gasteiger partial charge in [0, 0.05) is 0 Å². The van der Waals surface area contributed by atoms with E-state index in [-0.39, 0.29) is 11.6 Å². The van der Waals surface area contributed by atoms with Gasteiger partial charge in [0.1, 0.15) is 11.6 Å². The minimum absolute atomic E-state index is 0.151. The van der Waals surface area contributed by atoms with Crippen LogP contribution in [0.3, 0.4) is 0 Å². The van der Waals surface area contributed by atoms with E-state index < -0.39 is 11.9 Å². The van der Waals surface area contributed by atoms with E-state index in [1.54, 1.807) is 19.1 Å². The number of carbonyl (C=O) groups is 1. The standard InChI is InChI=1S/C17H18FNO2/c1-11-8-9-16(12(2)10-11)21-13(3)17(20)19-15-7-5-4-6-14(15)18/h4-10,13H,1-3H3,(H,19,20)/t13-/m1/s1. The molecular weight excluding hydrogens is 269 g/mol. The summed E-state index contributed by atoms with van der Waals surface area (Å²) in [5, 5.41) is 2.52. The Morgan fingerprint density at radius 1 is 1.19 bits per heavy atom. The number of benzene rings is 2. The Morgan fingerprint density at radius 3 is 2.57 bits per heavy atom. The summed E-state index contributed by atoms with van der Waals surface area (Å²) >= 11 is 0. The van der Waals surface area contributed by atoms with Gasteiger partial charge in [-0.1, -0.05) is 29.8 Å². The molecule has 0 heterocycles. The van der Waals surface area contributed by atoms with E-state index in [4.69, 9.17) is 4.74 Å². The van der Waals surface area contributed by atoms with Crippen molar-refractivity contribution in [2.75, 3.05) is 5.32 Å². The molecule has 0 unspecified atom stereocenters. The lowest BCUT2D eigenvalue weighted by Crippen LogP contribution is -2.30. The molecule has 0 aliphatic heterocycles. The fourth-order valence-electron chi connectivity index (χ4n) is 1.97. The molecule has 2 rings (SSSR count). The molecule has 0 spiro atoms. The quantitative estimate of drug-likeness (QED) is 0.927. The largest absolute Gasteiger partial charge is 0.481 e. The average Bonchev–Trinajstić information content (AvgIpc) is 2.44. The minimum Gasteiger partial charge on any atom is -0.481 e. The molecule has 0 saturated carbocycles. The van der Waals surface area contributed by atoms with E-state index in [1.165, 1.54) is 12.1 Å². The Balaban J connectivity index is 2.04. The van der Waals surface area contributed by atoms with Crippen LogP contribution in [0.4, 0.5) is 10.1 Å². The highest BCUT2D eigenvalue weighted by atomic mass is 19.1. The number of halogens is 1. The monoisotopic (exact) mass is 287 g/mol. The molecule has 2 aromatic rings. The van der Waals surface area contributed by atoms with Gasteiger partial charge < -0.3 is 10.1 Å². The zero-order valence-electron chi connectivity index (χ0n) is 12.3. The number of para-hydroxylation sites is 1. The van der Waals surface area contributed by atoms with Crippen LogP contribution < -0.4 is 10.1 Å². The van der Waals surface area contributed by atoms with Crippen LogP contribution in [-0.4, -0.2) is 12.0 Å². The van der Waals surface area contributed by atoms with Gasteiger partial charge in [-0.05, 0) is 44.5 Å². The molecule has 0 fully saturated rings. The predicted molar refractivity (Wildman–Crippen MR) is 81.0 cm³/mol. The van der Waals surface area contributed by atoms with Crippen molar-refractivity contribution in [3.05, 3.63) is 59.4 Å². The van der Waals surface area contributed by atoms with Gasteiger partial charge in [0.2, 0.25) is 0 Å². The smallest absolute Gasteiger partial charge is 0.265 e. The van der Waals surface area contributed by atoms with Crippen molar-refractivity contribution in [2.24, 2.45) is 0 Å². The minimum atomic E-state index is -0.717. The van der Waals surface area contributed by atoms with Gasteiger partial charge in [-0.25, -0.2) is 4.39 Å². The van der Waals surface area contributed by atoms with Gasteiger partial charge in [-0.3, -0.25) is 4.79 Å². The normalized spacial score (nSPS) is 11.8. The molecule has 0 aliphatic carbocycles. The zero-order valence-corrected chi connectivity index (χ0v) is 12.3. The Kier molecular flexibility index (Phi) is 4.58. The highest BCUT2D eigenvalue weighted by Crippen LogP contribution is 2.20. The number of ether oxygens (including phenoxy) is 1. The first-order valence-corrected chi connectivity index (χ1v) is 6.76. The number of carbonyl (C=O) groups excluding carboxylic acids is 1. The van der Waals surface area contributed by atoms with Crippen molar-refractivity contribution in [2.45, 2.75) is 26.9 Å². The van der Waals surface area contributed by atoms with Crippen LogP contribution in [0.1, 0.15) is 18.1 Å². The molecular formula is C17H18FNO2. The number of hydrogen-bond donors (Lipinski definition) is 1. The van der Waals surface area contributed by atoms with Crippen LogP contribution in [0, 0.1) is 19.7 Å². The van der Waals surface area contributed by atoms with Gasteiger partial charge in [0.05, 0.1) is 5.69 Å². The van der Waals surface area contributed by atoms with Crippen LogP contribution in [0.25, 0.3) is 0 Å². The fraction of sp³-hybridized carbons (Fsp3) is 0.235. The highest BCUT2D eigenvalue weighted by Gasteiger charge is 2.17. The zero-order chi connectivity index (χ0) is 15.4. The maximum Gasteiger partial charge on any atom is 0.265 e. The number of aryl methyl sites for hydroxylation is 2. The molecule has 0 bridgehead atoms. The second-order valence-electron chi connectivity index (χ2n) is 5.00. The Hall–Kier alpha value is -2.36. The van der Waals surface area contributed by atoms with Gasteiger partial charge >= 0.3 is 0 Å². The van der Waals surface area contributed by atoms with E-state index in [1.807, 2.05) is 32.0 Å². The maximum atomic E-state index is 13.5. The molecule has 1 N–H and O–H groups in total. The van der Waals surface area contributed by atoms with Gasteiger partial charge in [-0.2, -0.15) is 0 Å². The van der Waals surface area contributed by atoms with Crippen molar-refractivity contribution in [3.8, 4) is 5.75 Å². The third kappa shape index (κ3) is 3.81. The SMILES string of the molecule is Cc1ccc(O[C@H](C)C(=O)Nc2ccccc2F)c(C)c1. The topological polar surface area (TPSA) is 38.3 Å². The van der Waals surface area contributed by atoms with E-state index in [0.29, 0.717) is 5.75 Å². The summed E-state index contributed by atoms with van der Waals surface area (Å²) < 4.78 is 19.1. The summed E-state index contributed by atoms with van der Waals surface area (Å²) in [5.74, 6) is -0.207. The number of hydrogen-bond acceptors (Lipinski definition) is 2. The van der Waals surface area contributed by atoms with Crippen LogP contribution in [0.5, 0.6) is 5.75 Å². The first-order valence-electron chi connectivity index (χ1n) is 6.76. The van der Waals surface area contributed by atoms with Crippen LogP contribution in [0.2, 0.25) is 0 Å². The summed E-state index contributed by atoms with van der Waals surface area (Å²) in [7, 11) is 0. The molecule has 1 atom stereocenters. The van der Waals surface area contributed by atoms with E-state index in [2.05, 4.69) is 5.32 Å². The Labute approximate surface area is 123 Å². The van der Waals surface area contributed by atoms with E-state index >= 15 is 0 Å². The summed E-state index contributed by atoms with van der Waals surface area (Å²) in [6.07, 6.45) is -0.717. The first kappa shape index (κ1) is 15.0. The summed E-state index contributed by atoms with van der Waals surface area (Å²) in [6, 6.07) is 11.8. The third-order valence-electron chi connectivity index (χ3n) is 3.14. The van der Waals surface area contributed by atoms with E-state index in [0.717, 1.165) is 11.1 Å². The van der Waals surface area contributed by atoms with Crippen molar-refractivity contribution in [1.82, 2.24) is 0 Å². The van der Waals surface area contributed by atoms with Gasteiger partial charge in [0.15, 0.2) is 6.10 Å². The summed E-state index contributed by atoms with van der Waals surface area (Å²) in [6.45, 7) is 5.55. The molecule has 1 amide bonds. The first-order chi connectivity index (χ1) is 9.97. The molecule has 110 valence electrons. The number of nitrogens with one attached hydrogen (secondary N) is 1. The molecule has 4 heteroatoms. The Bertz CT molecular complexity index is 655. The van der Waals surface area contributed by atoms with E-state index in [9.17, 15) is 9.18 Å². The molecule has 2 aromatic carbocycles. The maximum absolute atomic E-state index is 13.5. The molecule has 0 radical (unpaired) electrons. The van der Waals surface area contributed by atoms with Crippen LogP contribution in [0.15, 0.2) is 42.5 Å².